The molecule has 2 aromatic rings. The largest absolute Gasteiger partial charge is 0.339 e. The van der Waals surface area contributed by atoms with Crippen molar-refractivity contribution in [2.75, 3.05) is 31.9 Å². The van der Waals surface area contributed by atoms with Gasteiger partial charge in [0.1, 0.15) is 17.5 Å². The van der Waals surface area contributed by atoms with Crippen LogP contribution in [-0.2, 0) is 14.8 Å². The van der Waals surface area contributed by atoms with Crippen molar-refractivity contribution in [3.8, 4) is 0 Å². The van der Waals surface area contributed by atoms with E-state index in [0.29, 0.717) is 0 Å². The third-order valence-corrected chi connectivity index (χ3v) is 7.23. The van der Waals surface area contributed by atoms with Crippen LogP contribution < -0.4 is 0 Å². The number of piperazine rings is 1. The van der Waals surface area contributed by atoms with Gasteiger partial charge in [0.15, 0.2) is 4.90 Å². The first-order chi connectivity index (χ1) is 13.3. The highest BCUT2D eigenvalue weighted by Gasteiger charge is 2.33. The summed E-state index contributed by atoms with van der Waals surface area (Å²) in [5, 5.41) is 0. The van der Waals surface area contributed by atoms with Gasteiger partial charge in [0.25, 0.3) is 0 Å². The fraction of sp³-hybridized carbons (Fsp3) is 0.278. The van der Waals surface area contributed by atoms with Crippen LogP contribution in [0.2, 0.25) is 0 Å². The smallest absolute Gasteiger partial charge is 0.249 e. The van der Waals surface area contributed by atoms with Gasteiger partial charge in [-0.25, -0.2) is 21.6 Å². The molecule has 1 heterocycles. The zero-order valence-corrected chi connectivity index (χ0v) is 16.3. The molecule has 0 atom stereocenters. The van der Waals surface area contributed by atoms with E-state index < -0.39 is 26.6 Å². The molecule has 0 unspecified atom stereocenters. The summed E-state index contributed by atoms with van der Waals surface area (Å²) in [5.41, 5.74) is 0. The minimum Gasteiger partial charge on any atom is -0.339 e. The highest BCUT2D eigenvalue weighted by atomic mass is 32.2. The number of amides is 1. The summed E-state index contributed by atoms with van der Waals surface area (Å²) in [6.45, 7) is 0.141. The maximum atomic E-state index is 13.9. The molecule has 0 aromatic heterocycles. The quantitative estimate of drug-likeness (QED) is 0.685. The van der Waals surface area contributed by atoms with Crippen molar-refractivity contribution in [1.82, 2.24) is 9.21 Å². The Hall–Kier alpha value is -2.04. The van der Waals surface area contributed by atoms with E-state index in [4.69, 9.17) is 0 Å². The predicted molar refractivity (Wildman–Crippen MR) is 98.8 cm³/mol. The van der Waals surface area contributed by atoms with Crippen LogP contribution in [0.5, 0.6) is 0 Å². The lowest BCUT2D eigenvalue weighted by Gasteiger charge is -2.34. The van der Waals surface area contributed by atoms with Gasteiger partial charge in [-0.15, -0.1) is 11.8 Å². The third kappa shape index (κ3) is 4.50. The van der Waals surface area contributed by atoms with Gasteiger partial charge in [-0.2, -0.15) is 4.31 Å². The number of benzene rings is 2. The van der Waals surface area contributed by atoms with Gasteiger partial charge in [0.2, 0.25) is 15.9 Å². The molecule has 0 radical (unpaired) electrons. The topological polar surface area (TPSA) is 57.7 Å². The minimum atomic E-state index is -4.33. The van der Waals surface area contributed by atoms with Crippen LogP contribution in [0.1, 0.15) is 0 Å². The van der Waals surface area contributed by atoms with Crippen molar-refractivity contribution in [2.45, 2.75) is 9.79 Å². The summed E-state index contributed by atoms with van der Waals surface area (Å²) in [5.74, 6) is -2.72. The van der Waals surface area contributed by atoms with E-state index in [1.807, 2.05) is 0 Å². The van der Waals surface area contributed by atoms with Crippen molar-refractivity contribution in [1.29, 1.82) is 0 Å². The number of thioether (sulfide) groups is 1. The number of carbonyl (C=O) groups excluding carboxylic acids is 1. The summed E-state index contributed by atoms with van der Waals surface area (Å²) in [4.78, 5) is 13.6. The number of carbonyl (C=O) groups is 1. The van der Waals surface area contributed by atoms with E-state index in [0.717, 1.165) is 27.4 Å². The molecule has 2 aromatic carbocycles. The van der Waals surface area contributed by atoms with Crippen molar-refractivity contribution in [3.05, 3.63) is 59.9 Å². The summed E-state index contributed by atoms with van der Waals surface area (Å²) in [7, 11) is -4.33. The second-order valence-electron chi connectivity index (χ2n) is 6.08. The van der Waals surface area contributed by atoms with Gasteiger partial charge in [0, 0.05) is 31.1 Å². The lowest BCUT2D eigenvalue weighted by molar-refractivity contribution is -0.129. The van der Waals surface area contributed by atoms with Crippen LogP contribution in [-0.4, -0.2) is 55.5 Å². The van der Waals surface area contributed by atoms with Crippen LogP contribution >= 0.6 is 11.8 Å². The molecular formula is C18H17F3N2O3S2. The summed E-state index contributed by atoms with van der Waals surface area (Å²) in [6.07, 6.45) is 0. The molecule has 10 heteroatoms. The number of sulfonamides is 1. The zero-order valence-electron chi connectivity index (χ0n) is 14.6. The SMILES string of the molecule is O=C(CSc1ccc(F)cc1)N1CCN(S(=O)(=O)c2c(F)cccc2F)CC1. The van der Waals surface area contributed by atoms with E-state index in [9.17, 15) is 26.4 Å². The van der Waals surface area contributed by atoms with Gasteiger partial charge < -0.3 is 4.90 Å². The molecule has 0 aliphatic carbocycles. The van der Waals surface area contributed by atoms with E-state index in [1.165, 1.54) is 28.8 Å². The predicted octanol–water partition coefficient (Wildman–Crippen LogP) is 2.73. The van der Waals surface area contributed by atoms with Crippen molar-refractivity contribution < 1.29 is 26.4 Å². The van der Waals surface area contributed by atoms with Crippen molar-refractivity contribution >= 4 is 27.7 Å². The monoisotopic (exact) mass is 430 g/mol. The number of halogens is 3. The van der Waals surface area contributed by atoms with E-state index in [1.54, 1.807) is 12.1 Å². The molecule has 1 amide bonds. The molecule has 5 nitrogen and oxygen atoms in total. The van der Waals surface area contributed by atoms with Crippen LogP contribution in [0, 0.1) is 17.5 Å². The molecule has 1 saturated heterocycles. The molecule has 1 aliphatic rings. The average molecular weight is 430 g/mol. The van der Waals surface area contributed by atoms with Crippen LogP contribution in [0.25, 0.3) is 0 Å². The highest BCUT2D eigenvalue weighted by molar-refractivity contribution is 8.00. The first kappa shape index (κ1) is 20.7. The van der Waals surface area contributed by atoms with E-state index in [2.05, 4.69) is 0 Å². The second-order valence-corrected chi connectivity index (χ2v) is 9.00. The standard InChI is InChI=1S/C18H17F3N2O3S2/c19-13-4-6-14(7-5-13)27-12-17(24)22-8-10-23(11-9-22)28(25,26)18-15(20)2-1-3-16(18)21/h1-7H,8-12H2. The van der Waals surface area contributed by atoms with E-state index >= 15 is 0 Å². The Balaban J connectivity index is 1.59. The molecule has 28 heavy (non-hydrogen) atoms. The molecule has 150 valence electrons. The maximum Gasteiger partial charge on any atom is 0.249 e. The molecular weight excluding hydrogens is 413 g/mol. The van der Waals surface area contributed by atoms with Crippen molar-refractivity contribution in [3.63, 3.8) is 0 Å². The molecule has 0 spiro atoms. The molecule has 0 saturated carbocycles. The average Bonchev–Trinajstić information content (AvgIpc) is 2.67. The Kier molecular flexibility index (Phi) is 6.31. The number of nitrogens with zero attached hydrogens (tertiary/aromatic N) is 2. The summed E-state index contributed by atoms with van der Waals surface area (Å²) >= 11 is 1.25. The Morgan fingerprint density at radius 2 is 1.50 bits per heavy atom. The zero-order chi connectivity index (χ0) is 20.3. The van der Waals surface area contributed by atoms with Crippen molar-refractivity contribution in [2.24, 2.45) is 0 Å². The third-order valence-electron chi connectivity index (χ3n) is 4.28. The molecule has 3 rings (SSSR count). The maximum absolute atomic E-state index is 13.9. The van der Waals surface area contributed by atoms with E-state index in [-0.39, 0.29) is 43.7 Å². The molecule has 1 aliphatic heterocycles. The second kappa shape index (κ2) is 8.54. The van der Waals surface area contributed by atoms with Crippen LogP contribution in [0.4, 0.5) is 13.2 Å². The minimum absolute atomic E-state index is 0.0525. The van der Waals surface area contributed by atoms with Gasteiger partial charge in [0.05, 0.1) is 5.75 Å². The number of rotatable bonds is 5. The fourth-order valence-electron chi connectivity index (χ4n) is 2.80. The lowest BCUT2D eigenvalue weighted by atomic mass is 10.3. The highest BCUT2D eigenvalue weighted by Crippen LogP contribution is 2.24. The Bertz CT molecular complexity index is 940. The first-order valence-electron chi connectivity index (χ1n) is 8.39. The molecule has 1 fully saturated rings. The lowest BCUT2D eigenvalue weighted by Crippen LogP contribution is -2.51. The normalized spacial score (nSPS) is 15.6. The van der Waals surface area contributed by atoms with Gasteiger partial charge >= 0.3 is 0 Å². The number of hydrogen-bond acceptors (Lipinski definition) is 4. The first-order valence-corrected chi connectivity index (χ1v) is 10.8. The Morgan fingerprint density at radius 3 is 2.07 bits per heavy atom. The summed E-state index contributed by atoms with van der Waals surface area (Å²) in [6, 6.07) is 8.63. The van der Waals surface area contributed by atoms with Gasteiger partial charge in [-0.1, -0.05) is 6.07 Å². The molecule has 0 N–H and O–H groups in total. The Morgan fingerprint density at radius 1 is 0.929 bits per heavy atom. The number of hydrogen-bond donors (Lipinski definition) is 0. The Labute approximate surface area is 165 Å². The van der Waals surface area contributed by atoms with Crippen LogP contribution in [0.3, 0.4) is 0 Å². The fourth-order valence-corrected chi connectivity index (χ4v) is 5.14. The van der Waals surface area contributed by atoms with Gasteiger partial charge in [-0.3, -0.25) is 4.79 Å². The molecule has 0 bridgehead atoms. The van der Waals surface area contributed by atoms with Gasteiger partial charge in [-0.05, 0) is 36.4 Å². The van der Waals surface area contributed by atoms with Crippen LogP contribution in [0.15, 0.2) is 52.3 Å². The summed E-state index contributed by atoms with van der Waals surface area (Å²) < 4.78 is 66.7.